The highest BCUT2D eigenvalue weighted by atomic mass is 35.5. The molecule has 0 saturated carbocycles. The van der Waals surface area contributed by atoms with Gasteiger partial charge in [-0.1, -0.05) is 41.9 Å². The summed E-state index contributed by atoms with van der Waals surface area (Å²) in [6, 6.07) is 12.9. The van der Waals surface area contributed by atoms with Crippen LogP contribution in [0.1, 0.15) is 23.4 Å². The van der Waals surface area contributed by atoms with Crippen LogP contribution in [0.25, 0.3) is 11.8 Å². The van der Waals surface area contributed by atoms with Crippen LogP contribution in [0.3, 0.4) is 0 Å². The van der Waals surface area contributed by atoms with E-state index in [0.29, 0.717) is 41.1 Å². The minimum Gasteiger partial charge on any atom is -0.489 e. The number of fused-ring (bicyclic) bond motifs is 1. The van der Waals surface area contributed by atoms with Crippen molar-refractivity contribution in [3.05, 3.63) is 64.4 Å². The first-order valence-corrected chi connectivity index (χ1v) is 9.77. The van der Waals surface area contributed by atoms with Gasteiger partial charge in [0.15, 0.2) is 23.0 Å². The van der Waals surface area contributed by atoms with Gasteiger partial charge in [0.2, 0.25) is 0 Å². The first-order valence-electron chi connectivity index (χ1n) is 9.39. The summed E-state index contributed by atoms with van der Waals surface area (Å²) in [6.45, 7) is 2.78. The lowest BCUT2D eigenvalue weighted by atomic mass is 10.2. The van der Waals surface area contributed by atoms with Crippen molar-refractivity contribution in [3.63, 3.8) is 0 Å². The topological polar surface area (TPSA) is 88.4 Å². The van der Waals surface area contributed by atoms with Gasteiger partial charge < -0.3 is 14.2 Å². The van der Waals surface area contributed by atoms with Gasteiger partial charge in [0.1, 0.15) is 6.61 Å². The molecule has 2 heterocycles. The van der Waals surface area contributed by atoms with Crippen LogP contribution in [-0.2, 0) is 16.1 Å². The third kappa shape index (κ3) is 4.44. The number of carbonyl (C=O) groups excluding carboxylic acids is 1. The molecule has 3 aromatic rings. The van der Waals surface area contributed by atoms with Gasteiger partial charge in [-0.15, -0.1) is 5.10 Å². The predicted octanol–water partition coefficient (Wildman–Crippen LogP) is 3.54. The van der Waals surface area contributed by atoms with Crippen LogP contribution >= 0.6 is 11.6 Å². The molecule has 0 amide bonds. The number of ether oxygens (including phenoxy) is 3. The maximum absolute atomic E-state index is 12.9. The number of esters is 1. The summed E-state index contributed by atoms with van der Waals surface area (Å²) in [5.74, 6) is 0.950. The number of hydrogen-bond acceptors (Lipinski definition) is 7. The number of aromatic nitrogens is 4. The van der Waals surface area contributed by atoms with Crippen molar-refractivity contribution in [2.75, 3.05) is 13.2 Å². The van der Waals surface area contributed by atoms with Gasteiger partial charge in [0.05, 0.1) is 18.2 Å². The zero-order chi connectivity index (χ0) is 20.9. The summed E-state index contributed by atoms with van der Waals surface area (Å²) in [4.78, 5) is 12.9. The molecule has 9 heteroatoms. The molecule has 0 aliphatic carbocycles. The average molecular weight is 427 g/mol. The van der Waals surface area contributed by atoms with Crippen LogP contribution in [0, 0.1) is 6.92 Å². The van der Waals surface area contributed by atoms with Gasteiger partial charge >= 0.3 is 5.97 Å². The third-order valence-electron chi connectivity index (χ3n) is 4.40. The quantitative estimate of drug-likeness (QED) is 0.455. The van der Waals surface area contributed by atoms with Gasteiger partial charge in [0, 0.05) is 6.42 Å². The highest BCUT2D eigenvalue weighted by Crippen LogP contribution is 2.38. The Balaban J connectivity index is 1.57. The van der Waals surface area contributed by atoms with E-state index in [1.165, 1.54) is 4.68 Å². The minimum absolute atomic E-state index is 0.00248. The van der Waals surface area contributed by atoms with E-state index in [0.717, 1.165) is 12.0 Å². The van der Waals surface area contributed by atoms with Crippen molar-refractivity contribution in [1.29, 1.82) is 0 Å². The number of nitrogens with zero attached hydrogens (tertiary/aromatic N) is 4. The normalized spacial score (nSPS) is 13.6. The minimum atomic E-state index is -0.572. The van der Waals surface area contributed by atoms with E-state index in [4.69, 9.17) is 25.8 Å². The van der Waals surface area contributed by atoms with Crippen molar-refractivity contribution in [2.24, 2.45) is 0 Å². The van der Waals surface area contributed by atoms with E-state index in [1.54, 1.807) is 25.1 Å². The molecule has 0 fully saturated rings. The standard InChI is InChI=1S/C21H19ClN4O4/c1-14-23-24-25-26(14)18(11-15-6-3-2-4-7-15)21(27)30-13-16-10-17(22)20-19(12-16)28-8-5-9-29-20/h2-4,6-7,10-12H,5,8-9,13H2,1H3/b18-11-. The molecule has 4 rings (SSSR count). The highest BCUT2D eigenvalue weighted by Gasteiger charge is 2.20. The smallest absolute Gasteiger partial charge is 0.357 e. The van der Waals surface area contributed by atoms with Gasteiger partial charge in [-0.2, -0.15) is 4.68 Å². The maximum atomic E-state index is 12.9. The fourth-order valence-corrected chi connectivity index (χ4v) is 3.25. The van der Waals surface area contributed by atoms with Gasteiger partial charge in [0.25, 0.3) is 0 Å². The molecule has 0 N–H and O–H groups in total. The lowest BCUT2D eigenvalue weighted by molar-refractivity contribution is -0.138. The maximum Gasteiger partial charge on any atom is 0.357 e. The highest BCUT2D eigenvalue weighted by molar-refractivity contribution is 6.32. The van der Waals surface area contributed by atoms with Crippen LogP contribution in [-0.4, -0.2) is 39.4 Å². The molecule has 0 saturated heterocycles. The Morgan fingerprint density at radius 3 is 2.80 bits per heavy atom. The molecule has 1 aliphatic rings. The van der Waals surface area contributed by atoms with E-state index >= 15 is 0 Å². The molecule has 0 unspecified atom stereocenters. The van der Waals surface area contributed by atoms with Crippen LogP contribution in [0.15, 0.2) is 42.5 Å². The zero-order valence-electron chi connectivity index (χ0n) is 16.2. The van der Waals surface area contributed by atoms with E-state index in [9.17, 15) is 4.79 Å². The number of aryl methyl sites for hydroxylation is 1. The first-order chi connectivity index (χ1) is 14.6. The fraction of sp³-hybridized carbons (Fsp3) is 0.238. The number of benzene rings is 2. The van der Waals surface area contributed by atoms with E-state index in [2.05, 4.69) is 15.5 Å². The molecule has 8 nitrogen and oxygen atoms in total. The van der Waals surface area contributed by atoms with Crippen molar-refractivity contribution >= 4 is 29.3 Å². The Labute approximate surface area is 178 Å². The molecule has 0 spiro atoms. The van der Waals surface area contributed by atoms with Gasteiger partial charge in [-0.25, -0.2) is 4.79 Å². The molecule has 1 aromatic heterocycles. The molecule has 0 bridgehead atoms. The lowest BCUT2D eigenvalue weighted by Gasteiger charge is -2.13. The summed E-state index contributed by atoms with van der Waals surface area (Å²) in [7, 11) is 0. The first kappa shape index (κ1) is 19.9. The molecular formula is C21H19ClN4O4. The van der Waals surface area contributed by atoms with Crippen molar-refractivity contribution in [3.8, 4) is 11.5 Å². The lowest BCUT2D eigenvalue weighted by Crippen LogP contribution is -2.15. The van der Waals surface area contributed by atoms with Crippen LogP contribution < -0.4 is 9.47 Å². The molecule has 0 radical (unpaired) electrons. The number of tetrazole rings is 1. The van der Waals surface area contributed by atoms with Crippen molar-refractivity contribution in [1.82, 2.24) is 20.2 Å². The molecular weight excluding hydrogens is 408 g/mol. The SMILES string of the molecule is Cc1nnnn1/C(=C\c1ccccc1)C(=O)OCc1cc(Cl)c2c(c1)OCCCO2. The zero-order valence-corrected chi connectivity index (χ0v) is 17.0. The summed E-state index contributed by atoms with van der Waals surface area (Å²) >= 11 is 6.32. The molecule has 1 aliphatic heterocycles. The third-order valence-corrected chi connectivity index (χ3v) is 4.68. The Hall–Kier alpha value is -3.39. The van der Waals surface area contributed by atoms with E-state index in [1.807, 2.05) is 30.3 Å². The van der Waals surface area contributed by atoms with Gasteiger partial charge in [-0.3, -0.25) is 0 Å². The number of carbonyl (C=O) groups is 1. The number of halogens is 1. The summed E-state index contributed by atoms with van der Waals surface area (Å²) in [6.07, 6.45) is 2.45. The van der Waals surface area contributed by atoms with Gasteiger partial charge in [-0.05, 0) is 46.7 Å². The van der Waals surface area contributed by atoms with Crippen molar-refractivity contribution < 1.29 is 19.0 Å². The van der Waals surface area contributed by atoms with E-state index in [-0.39, 0.29) is 12.3 Å². The van der Waals surface area contributed by atoms with Crippen LogP contribution in [0.2, 0.25) is 5.02 Å². The largest absolute Gasteiger partial charge is 0.489 e. The Bertz CT molecular complexity index is 1080. The fourth-order valence-electron chi connectivity index (χ4n) is 2.96. The Kier molecular flexibility index (Phi) is 5.94. The number of rotatable bonds is 5. The average Bonchev–Trinajstić information content (AvgIpc) is 3.02. The molecule has 0 atom stereocenters. The van der Waals surface area contributed by atoms with Crippen LogP contribution in [0.4, 0.5) is 0 Å². The summed E-state index contributed by atoms with van der Waals surface area (Å²) < 4.78 is 18.2. The van der Waals surface area contributed by atoms with E-state index < -0.39 is 5.97 Å². The second kappa shape index (κ2) is 8.96. The summed E-state index contributed by atoms with van der Waals surface area (Å²) in [5, 5.41) is 11.8. The number of hydrogen-bond donors (Lipinski definition) is 0. The Morgan fingerprint density at radius 1 is 1.23 bits per heavy atom. The predicted molar refractivity (Wildman–Crippen MR) is 110 cm³/mol. The molecule has 154 valence electrons. The second-order valence-electron chi connectivity index (χ2n) is 6.61. The Morgan fingerprint density at radius 2 is 2.03 bits per heavy atom. The molecule has 30 heavy (non-hydrogen) atoms. The van der Waals surface area contributed by atoms with Crippen LogP contribution in [0.5, 0.6) is 11.5 Å². The second-order valence-corrected chi connectivity index (χ2v) is 7.02. The monoisotopic (exact) mass is 426 g/mol. The van der Waals surface area contributed by atoms with Crippen molar-refractivity contribution in [2.45, 2.75) is 20.0 Å². The summed E-state index contributed by atoms with van der Waals surface area (Å²) in [5.41, 5.74) is 1.70. The molecule has 2 aromatic carbocycles.